The van der Waals surface area contributed by atoms with Crippen molar-refractivity contribution in [3.8, 4) is 0 Å². The van der Waals surface area contributed by atoms with Crippen LogP contribution in [-0.2, 0) is 10.0 Å². The number of benzene rings is 2. The number of anilines is 1. The van der Waals surface area contributed by atoms with Crippen LogP contribution in [0.1, 0.15) is 43.0 Å². The molecule has 1 atom stereocenters. The first-order valence-corrected chi connectivity index (χ1v) is 10.5. The molecule has 5 nitrogen and oxygen atoms in total. The number of amides is 1. The molecule has 1 aliphatic heterocycles. The SMILES string of the molecule is CCC1CCCCN1S(=O)(=O)c1cccc(C(=O)Nc2ccc(F)cc2)c1. The van der Waals surface area contributed by atoms with Gasteiger partial charge in [-0.15, -0.1) is 0 Å². The van der Waals surface area contributed by atoms with Gasteiger partial charge in [0.2, 0.25) is 10.0 Å². The predicted octanol–water partition coefficient (Wildman–Crippen LogP) is 4.03. The molecule has 1 heterocycles. The van der Waals surface area contributed by atoms with E-state index in [2.05, 4.69) is 5.32 Å². The standard InChI is InChI=1S/C20H23FN2O3S/c1-2-18-7-3-4-13-23(18)27(25,26)19-8-5-6-15(14-19)20(24)22-17-11-9-16(21)10-12-17/h5-6,8-12,14,18H,2-4,7,13H2,1H3,(H,22,24). The lowest BCUT2D eigenvalue weighted by atomic mass is 10.0. The zero-order chi connectivity index (χ0) is 19.4. The van der Waals surface area contributed by atoms with Crippen LogP contribution >= 0.6 is 0 Å². The Morgan fingerprint density at radius 2 is 1.93 bits per heavy atom. The highest BCUT2D eigenvalue weighted by molar-refractivity contribution is 7.89. The number of hydrogen-bond acceptors (Lipinski definition) is 3. The minimum atomic E-state index is -3.65. The van der Waals surface area contributed by atoms with E-state index in [1.54, 1.807) is 16.4 Å². The van der Waals surface area contributed by atoms with Gasteiger partial charge in [0.15, 0.2) is 0 Å². The lowest BCUT2D eigenvalue weighted by Crippen LogP contribution is -2.43. The van der Waals surface area contributed by atoms with Crippen molar-refractivity contribution in [2.45, 2.75) is 43.5 Å². The van der Waals surface area contributed by atoms with Gasteiger partial charge in [0, 0.05) is 23.8 Å². The normalized spacial score (nSPS) is 18.2. The predicted molar refractivity (Wildman–Crippen MR) is 103 cm³/mol. The van der Waals surface area contributed by atoms with Crippen molar-refractivity contribution in [2.24, 2.45) is 0 Å². The first-order chi connectivity index (χ1) is 12.9. The van der Waals surface area contributed by atoms with Crippen molar-refractivity contribution in [3.63, 3.8) is 0 Å². The number of halogens is 1. The number of rotatable bonds is 5. The van der Waals surface area contributed by atoms with Crippen LogP contribution in [0, 0.1) is 5.82 Å². The Labute approximate surface area is 159 Å². The van der Waals surface area contributed by atoms with Crippen LogP contribution in [0.15, 0.2) is 53.4 Å². The van der Waals surface area contributed by atoms with Crippen molar-refractivity contribution >= 4 is 21.6 Å². The van der Waals surface area contributed by atoms with E-state index >= 15 is 0 Å². The maximum Gasteiger partial charge on any atom is 0.255 e. The molecule has 0 aromatic heterocycles. The summed E-state index contributed by atoms with van der Waals surface area (Å²) in [6, 6.07) is 11.4. The van der Waals surface area contributed by atoms with Crippen molar-refractivity contribution in [2.75, 3.05) is 11.9 Å². The van der Waals surface area contributed by atoms with Gasteiger partial charge >= 0.3 is 0 Å². The first-order valence-electron chi connectivity index (χ1n) is 9.10. The van der Waals surface area contributed by atoms with Crippen LogP contribution in [0.5, 0.6) is 0 Å². The Bertz CT molecular complexity index is 913. The van der Waals surface area contributed by atoms with Gasteiger partial charge in [-0.3, -0.25) is 4.79 Å². The first kappa shape index (κ1) is 19.5. The molecule has 0 bridgehead atoms. The zero-order valence-electron chi connectivity index (χ0n) is 15.2. The molecule has 2 aromatic rings. The molecule has 7 heteroatoms. The minimum Gasteiger partial charge on any atom is -0.322 e. The number of sulfonamides is 1. The van der Waals surface area contributed by atoms with Crippen LogP contribution < -0.4 is 5.32 Å². The highest BCUT2D eigenvalue weighted by atomic mass is 32.2. The Hall–Kier alpha value is -2.25. The Morgan fingerprint density at radius 1 is 1.19 bits per heavy atom. The summed E-state index contributed by atoms with van der Waals surface area (Å²) < 4.78 is 40.7. The van der Waals surface area contributed by atoms with Gasteiger partial charge < -0.3 is 5.32 Å². The number of nitrogens with one attached hydrogen (secondary N) is 1. The summed E-state index contributed by atoms with van der Waals surface area (Å²) in [5.41, 5.74) is 0.683. The van der Waals surface area contributed by atoms with Crippen molar-refractivity contribution in [3.05, 3.63) is 59.9 Å². The van der Waals surface area contributed by atoms with Gasteiger partial charge in [0.25, 0.3) is 5.91 Å². The van der Waals surface area contributed by atoms with Crippen molar-refractivity contribution in [1.82, 2.24) is 4.31 Å². The minimum absolute atomic E-state index is 0.000415. The fraction of sp³-hybridized carbons (Fsp3) is 0.350. The summed E-state index contributed by atoms with van der Waals surface area (Å²) >= 11 is 0. The Morgan fingerprint density at radius 3 is 2.63 bits per heavy atom. The third-order valence-electron chi connectivity index (χ3n) is 4.85. The lowest BCUT2D eigenvalue weighted by Gasteiger charge is -2.34. The monoisotopic (exact) mass is 390 g/mol. The summed E-state index contributed by atoms with van der Waals surface area (Å²) in [6.45, 7) is 2.50. The number of carbonyl (C=O) groups excluding carboxylic acids is 1. The highest BCUT2D eigenvalue weighted by Gasteiger charge is 2.32. The zero-order valence-corrected chi connectivity index (χ0v) is 16.0. The summed E-state index contributed by atoms with van der Waals surface area (Å²) in [4.78, 5) is 12.6. The Kier molecular flexibility index (Phi) is 5.92. The topological polar surface area (TPSA) is 66.5 Å². The fourth-order valence-corrected chi connectivity index (χ4v) is 5.18. The summed E-state index contributed by atoms with van der Waals surface area (Å²) in [5, 5.41) is 2.65. The molecule has 1 N–H and O–H groups in total. The third kappa shape index (κ3) is 4.36. The van der Waals surface area contributed by atoms with Crippen LogP contribution in [0.2, 0.25) is 0 Å². The molecule has 1 fully saturated rings. The molecular weight excluding hydrogens is 367 g/mol. The maximum atomic E-state index is 13.1. The molecule has 1 aliphatic rings. The smallest absolute Gasteiger partial charge is 0.255 e. The van der Waals surface area contributed by atoms with Gasteiger partial charge in [0.1, 0.15) is 5.82 Å². The highest BCUT2D eigenvalue weighted by Crippen LogP contribution is 2.27. The van der Waals surface area contributed by atoms with Crippen LogP contribution in [0.4, 0.5) is 10.1 Å². The third-order valence-corrected chi connectivity index (χ3v) is 6.80. The van der Waals surface area contributed by atoms with Crippen LogP contribution in [0.3, 0.4) is 0 Å². The molecule has 1 saturated heterocycles. The molecular formula is C20H23FN2O3S. The number of nitrogens with zero attached hydrogens (tertiary/aromatic N) is 1. The molecule has 2 aromatic carbocycles. The Balaban J connectivity index is 1.83. The second kappa shape index (κ2) is 8.19. The second-order valence-electron chi connectivity index (χ2n) is 6.66. The largest absolute Gasteiger partial charge is 0.322 e. The molecule has 0 radical (unpaired) electrons. The molecule has 0 saturated carbocycles. The van der Waals surface area contributed by atoms with Crippen molar-refractivity contribution < 1.29 is 17.6 Å². The fourth-order valence-electron chi connectivity index (χ4n) is 3.37. The average molecular weight is 390 g/mol. The van der Waals surface area contributed by atoms with Gasteiger partial charge in [-0.2, -0.15) is 4.31 Å². The lowest BCUT2D eigenvalue weighted by molar-refractivity contribution is 0.102. The molecule has 0 aliphatic carbocycles. The van der Waals surface area contributed by atoms with E-state index in [4.69, 9.17) is 0 Å². The van der Waals surface area contributed by atoms with E-state index < -0.39 is 21.7 Å². The quantitative estimate of drug-likeness (QED) is 0.838. The van der Waals surface area contributed by atoms with E-state index in [1.807, 2.05) is 6.92 Å². The molecule has 27 heavy (non-hydrogen) atoms. The summed E-state index contributed by atoms with van der Waals surface area (Å²) in [5.74, 6) is -0.836. The summed E-state index contributed by atoms with van der Waals surface area (Å²) in [6.07, 6.45) is 3.51. The van der Waals surface area contributed by atoms with E-state index in [0.29, 0.717) is 12.2 Å². The number of piperidine rings is 1. The second-order valence-corrected chi connectivity index (χ2v) is 8.55. The molecule has 0 spiro atoms. The van der Waals surface area contributed by atoms with Crippen LogP contribution in [0.25, 0.3) is 0 Å². The van der Waals surface area contributed by atoms with E-state index in [-0.39, 0.29) is 16.5 Å². The number of carbonyl (C=O) groups is 1. The molecule has 1 unspecified atom stereocenters. The van der Waals surface area contributed by atoms with E-state index in [1.165, 1.54) is 36.4 Å². The van der Waals surface area contributed by atoms with Gasteiger partial charge in [-0.25, -0.2) is 12.8 Å². The molecule has 144 valence electrons. The molecule has 1 amide bonds. The van der Waals surface area contributed by atoms with Crippen LogP contribution in [-0.4, -0.2) is 31.2 Å². The molecule has 3 rings (SSSR count). The van der Waals surface area contributed by atoms with Gasteiger partial charge in [-0.05, 0) is 61.7 Å². The van der Waals surface area contributed by atoms with E-state index in [9.17, 15) is 17.6 Å². The van der Waals surface area contributed by atoms with Gasteiger partial charge in [0.05, 0.1) is 4.90 Å². The summed E-state index contributed by atoms with van der Waals surface area (Å²) in [7, 11) is -3.65. The average Bonchev–Trinajstić information content (AvgIpc) is 2.69. The van der Waals surface area contributed by atoms with Gasteiger partial charge in [-0.1, -0.05) is 19.4 Å². The number of hydrogen-bond donors (Lipinski definition) is 1. The van der Waals surface area contributed by atoms with Crippen molar-refractivity contribution in [1.29, 1.82) is 0 Å². The maximum absolute atomic E-state index is 13.1. The van der Waals surface area contributed by atoms with E-state index in [0.717, 1.165) is 25.7 Å².